The highest BCUT2D eigenvalue weighted by atomic mass is 32.2. The molecule has 0 fully saturated rings. The Balaban J connectivity index is 2.57. The van der Waals surface area contributed by atoms with Crippen molar-refractivity contribution in [2.24, 2.45) is 0 Å². The van der Waals surface area contributed by atoms with Gasteiger partial charge in [0.05, 0.1) is 12.9 Å². The van der Waals surface area contributed by atoms with Crippen LogP contribution in [0.3, 0.4) is 0 Å². The number of rotatable bonds is 9. The summed E-state index contributed by atoms with van der Waals surface area (Å²) in [5.74, 6) is 0. The zero-order chi connectivity index (χ0) is 15.2. The molecular weight excluding hydrogens is 324 g/mol. The van der Waals surface area contributed by atoms with Crippen LogP contribution in [0.1, 0.15) is 0 Å². The first-order valence-corrected chi connectivity index (χ1v) is 9.95. The van der Waals surface area contributed by atoms with Gasteiger partial charge in [0.15, 0.2) is 0 Å². The molecule has 0 aliphatic heterocycles. The topological polar surface area (TPSA) is 92.8 Å². The Labute approximate surface area is 123 Å². The van der Waals surface area contributed by atoms with Gasteiger partial charge in [-0.2, -0.15) is 4.31 Å². The van der Waals surface area contributed by atoms with E-state index in [0.717, 1.165) is 17.6 Å². The predicted molar refractivity (Wildman–Crippen MR) is 77.8 cm³/mol. The molecule has 0 radical (unpaired) electrons. The number of nitrogens with one attached hydrogen (secondary N) is 1. The standard InChI is InChI=1S/C10H18N2O5S3/c1-17-8-7-12(19(2,13)14)6-5-11-20(15,16)10-4-3-9-18-10/h3-4,9,11H,5-8H2,1-2H3. The van der Waals surface area contributed by atoms with E-state index in [2.05, 4.69) is 4.72 Å². The quantitative estimate of drug-likeness (QED) is 0.678. The summed E-state index contributed by atoms with van der Waals surface area (Å²) in [7, 11) is -5.48. The molecule has 7 nitrogen and oxygen atoms in total. The zero-order valence-corrected chi connectivity index (χ0v) is 13.7. The van der Waals surface area contributed by atoms with Gasteiger partial charge < -0.3 is 4.74 Å². The van der Waals surface area contributed by atoms with E-state index in [1.807, 2.05) is 0 Å². The third kappa shape index (κ3) is 5.46. The van der Waals surface area contributed by atoms with Crippen LogP contribution in [0.25, 0.3) is 0 Å². The van der Waals surface area contributed by atoms with E-state index in [1.165, 1.54) is 17.5 Å². The van der Waals surface area contributed by atoms with Crippen molar-refractivity contribution >= 4 is 31.4 Å². The molecule has 0 atom stereocenters. The molecule has 0 aromatic carbocycles. The minimum absolute atomic E-state index is 0.0109. The van der Waals surface area contributed by atoms with Crippen molar-refractivity contribution in [3.63, 3.8) is 0 Å². The van der Waals surface area contributed by atoms with E-state index in [4.69, 9.17) is 4.74 Å². The molecule has 0 unspecified atom stereocenters. The molecule has 1 rings (SSSR count). The Bertz CT molecular complexity index is 595. The van der Waals surface area contributed by atoms with E-state index in [1.54, 1.807) is 11.4 Å². The van der Waals surface area contributed by atoms with E-state index in [0.29, 0.717) is 0 Å². The monoisotopic (exact) mass is 342 g/mol. The van der Waals surface area contributed by atoms with Gasteiger partial charge in [-0.15, -0.1) is 11.3 Å². The minimum atomic E-state index is -3.56. The molecule has 0 amide bonds. The predicted octanol–water partition coefficient (Wildman–Crippen LogP) is -0.0656. The van der Waals surface area contributed by atoms with Gasteiger partial charge in [0.1, 0.15) is 4.21 Å². The second kappa shape index (κ2) is 7.48. The second-order valence-corrected chi connectivity index (χ2v) is 8.91. The average Bonchev–Trinajstić information content (AvgIpc) is 2.86. The lowest BCUT2D eigenvalue weighted by atomic mass is 10.6. The molecule has 1 aromatic rings. The van der Waals surface area contributed by atoms with Gasteiger partial charge in [-0.3, -0.25) is 0 Å². The Kier molecular flexibility index (Phi) is 6.55. The number of thiophene rings is 1. The highest BCUT2D eigenvalue weighted by Crippen LogP contribution is 2.14. The fourth-order valence-corrected chi connectivity index (χ4v) is 4.32. The molecule has 1 N–H and O–H groups in total. The number of methoxy groups -OCH3 is 1. The Hall–Kier alpha value is -0.520. The number of sulfonamides is 2. The molecule has 0 spiro atoms. The maximum atomic E-state index is 11.8. The van der Waals surface area contributed by atoms with Gasteiger partial charge in [-0.1, -0.05) is 6.07 Å². The fraction of sp³-hybridized carbons (Fsp3) is 0.600. The van der Waals surface area contributed by atoms with Crippen LogP contribution in [-0.4, -0.2) is 60.7 Å². The van der Waals surface area contributed by atoms with Crippen LogP contribution in [-0.2, 0) is 24.8 Å². The minimum Gasteiger partial charge on any atom is -0.383 e. The summed E-state index contributed by atoms with van der Waals surface area (Å²) in [6, 6.07) is 3.13. The summed E-state index contributed by atoms with van der Waals surface area (Å²) in [5, 5.41) is 1.66. The third-order valence-electron chi connectivity index (χ3n) is 2.43. The highest BCUT2D eigenvalue weighted by molar-refractivity contribution is 7.91. The second-order valence-electron chi connectivity index (χ2n) is 3.98. The first kappa shape index (κ1) is 17.5. The molecule has 0 aliphatic carbocycles. The van der Waals surface area contributed by atoms with E-state index < -0.39 is 20.0 Å². The molecule has 116 valence electrons. The summed E-state index contributed by atoms with van der Waals surface area (Å²) < 4.78 is 55.3. The molecule has 0 aliphatic rings. The van der Waals surface area contributed by atoms with E-state index in [-0.39, 0.29) is 30.5 Å². The van der Waals surface area contributed by atoms with Crippen LogP contribution in [0.15, 0.2) is 21.7 Å². The van der Waals surface area contributed by atoms with Crippen molar-refractivity contribution in [1.29, 1.82) is 0 Å². The van der Waals surface area contributed by atoms with Gasteiger partial charge in [-0.25, -0.2) is 21.6 Å². The van der Waals surface area contributed by atoms with E-state index >= 15 is 0 Å². The first-order chi connectivity index (χ1) is 9.27. The Morgan fingerprint density at radius 2 is 2.00 bits per heavy atom. The Morgan fingerprint density at radius 3 is 2.50 bits per heavy atom. The van der Waals surface area contributed by atoms with Crippen molar-refractivity contribution < 1.29 is 21.6 Å². The molecule has 0 bridgehead atoms. The SMILES string of the molecule is COCCN(CCNS(=O)(=O)c1cccs1)S(C)(=O)=O. The average molecular weight is 342 g/mol. The van der Waals surface area contributed by atoms with Gasteiger partial charge >= 0.3 is 0 Å². The summed E-state index contributed by atoms with van der Waals surface area (Å²) in [6.07, 6.45) is 1.08. The number of hydrogen-bond acceptors (Lipinski definition) is 6. The fourth-order valence-electron chi connectivity index (χ4n) is 1.43. The first-order valence-electron chi connectivity index (χ1n) is 5.74. The third-order valence-corrected chi connectivity index (χ3v) is 6.59. The zero-order valence-electron chi connectivity index (χ0n) is 11.3. The largest absolute Gasteiger partial charge is 0.383 e. The lowest BCUT2D eigenvalue weighted by Crippen LogP contribution is -2.39. The summed E-state index contributed by atoms with van der Waals surface area (Å²) >= 11 is 1.11. The molecule has 1 aromatic heterocycles. The molecule has 1 heterocycles. The maximum Gasteiger partial charge on any atom is 0.250 e. The summed E-state index contributed by atoms with van der Waals surface area (Å²) in [4.78, 5) is 0. The molecular formula is C10H18N2O5S3. The summed E-state index contributed by atoms with van der Waals surface area (Å²) in [6.45, 7) is 0.518. The maximum absolute atomic E-state index is 11.8. The van der Waals surface area contributed by atoms with E-state index in [9.17, 15) is 16.8 Å². The van der Waals surface area contributed by atoms with Gasteiger partial charge in [0.2, 0.25) is 20.0 Å². The number of nitrogens with zero attached hydrogens (tertiary/aromatic N) is 1. The lowest BCUT2D eigenvalue weighted by Gasteiger charge is -2.19. The molecule has 20 heavy (non-hydrogen) atoms. The Morgan fingerprint density at radius 1 is 1.30 bits per heavy atom. The van der Waals surface area contributed by atoms with Gasteiger partial charge in [-0.05, 0) is 11.4 Å². The number of hydrogen-bond donors (Lipinski definition) is 1. The van der Waals surface area contributed by atoms with Crippen molar-refractivity contribution in [2.75, 3.05) is 39.6 Å². The van der Waals surface area contributed by atoms with Gasteiger partial charge in [0.25, 0.3) is 0 Å². The van der Waals surface area contributed by atoms with Crippen molar-refractivity contribution in [1.82, 2.24) is 9.03 Å². The number of ether oxygens (including phenoxy) is 1. The molecule has 10 heteroatoms. The molecule has 0 saturated carbocycles. The normalized spacial score (nSPS) is 12.9. The van der Waals surface area contributed by atoms with Crippen LogP contribution in [0.4, 0.5) is 0 Å². The van der Waals surface area contributed by atoms with Crippen LogP contribution >= 0.6 is 11.3 Å². The van der Waals surface area contributed by atoms with Crippen LogP contribution in [0.2, 0.25) is 0 Å². The summed E-state index contributed by atoms with van der Waals surface area (Å²) in [5.41, 5.74) is 0. The van der Waals surface area contributed by atoms with Crippen molar-refractivity contribution in [3.8, 4) is 0 Å². The lowest BCUT2D eigenvalue weighted by molar-refractivity contribution is 0.179. The van der Waals surface area contributed by atoms with Crippen LogP contribution in [0.5, 0.6) is 0 Å². The van der Waals surface area contributed by atoms with Gasteiger partial charge in [0, 0.05) is 26.7 Å². The van der Waals surface area contributed by atoms with Crippen LogP contribution in [0, 0.1) is 0 Å². The van der Waals surface area contributed by atoms with Crippen LogP contribution < -0.4 is 4.72 Å². The molecule has 0 saturated heterocycles. The van der Waals surface area contributed by atoms with Crippen molar-refractivity contribution in [3.05, 3.63) is 17.5 Å². The van der Waals surface area contributed by atoms with Crippen molar-refractivity contribution in [2.45, 2.75) is 4.21 Å². The highest BCUT2D eigenvalue weighted by Gasteiger charge is 2.18. The smallest absolute Gasteiger partial charge is 0.250 e.